The third-order valence-electron chi connectivity index (χ3n) is 3.86. The first-order valence-electron chi connectivity index (χ1n) is 7.63. The summed E-state index contributed by atoms with van der Waals surface area (Å²) in [4.78, 5) is 14.4. The third-order valence-corrected chi connectivity index (χ3v) is 3.86. The highest BCUT2D eigenvalue weighted by atomic mass is 16.7. The number of nitrogens with one attached hydrogen (secondary N) is 1. The fourth-order valence-corrected chi connectivity index (χ4v) is 2.93. The molecule has 2 heterocycles. The Morgan fingerprint density at radius 3 is 2.64 bits per heavy atom. The van der Waals surface area contributed by atoms with Crippen molar-refractivity contribution in [2.24, 2.45) is 0 Å². The lowest BCUT2D eigenvalue weighted by molar-refractivity contribution is -0.143. The second-order valence-corrected chi connectivity index (χ2v) is 5.93. The molecule has 2 aliphatic rings. The second-order valence-electron chi connectivity index (χ2n) is 5.93. The van der Waals surface area contributed by atoms with E-state index in [1.807, 2.05) is 43.9 Å². The average molecular weight is 306 g/mol. The minimum atomic E-state index is -0.308. The van der Waals surface area contributed by atoms with Gasteiger partial charge in [-0.2, -0.15) is 0 Å². The number of benzene rings is 1. The van der Waals surface area contributed by atoms with E-state index in [2.05, 4.69) is 5.32 Å². The molecule has 1 aromatic rings. The zero-order chi connectivity index (χ0) is 15.7. The minimum absolute atomic E-state index is 0.0745. The van der Waals surface area contributed by atoms with Crippen LogP contribution in [0.4, 0.5) is 5.69 Å². The Balaban J connectivity index is 1.63. The first kappa shape index (κ1) is 15.0. The van der Waals surface area contributed by atoms with E-state index in [0.29, 0.717) is 18.8 Å². The largest absolute Gasteiger partial charge is 0.454 e. The predicted molar refractivity (Wildman–Crippen MR) is 82.2 cm³/mol. The van der Waals surface area contributed by atoms with Crippen LogP contribution >= 0.6 is 0 Å². The van der Waals surface area contributed by atoms with Crippen molar-refractivity contribution in [2.45, 2.75) is 39.0 Å². The van der Waals surface area contributed by atoms with Crippen molar-refractivity contribution in [1.82, 2.24) is 4.90 Å². The van der Waals surface area contributed by atoms with Gasteiger partial charge in [-0.25, -0.2) is 0 Å². The van der Waals surface area contributed by atoms with E-state index in [-0.39, 0.29) is 30.9 Å². The number of ether oxygens (including phenoxy) is 3. The van der Waals surface area contributed by atoms with Gasteiger partial charge in [0.1, 0.15) is 6.04 Å². The van der Waals surface area contributed by atoms with Gasteiger partial charge in [0.2, 0.25) is 12.7 Å². The SMILES string of the molecule is CC1CN(C(=O)C(C)Nc2ccc3c(c2)OCO3)CC(C)O1. The van der Waals surface area contributed by atoms with E-state index in [9.17, 15) is 4.79 Å². The summed E-state index contributed by atoms with van der Waals surface area (Å²) < 4.78 is 16.3. The highest BCUT2D eigenvalue weighted by molar-refractivity contribution is 5.84. The molecule has 0 radical (unpaired) electrons. The van der Waals surface area contributed by atoms with Crippen LogP contribution in [0.2, 0.25) is 0 Å². The van der Waals surface area contributed by atoms with Crippen LogP contribution in [0, 0.1) is 0 Å². The topological polar surface area (TPSA) is 60.0 Å². The molecular formula is C16H22N2O4. The minimum Gasteiger partial charge on any atom is -0.454 e. The van der Waals surface area contributed by atoms with Crippen molar-refractivity contribution < 1.29 is 19.0 Å². The quantitative estimate of drug-likeness (QED) is 0.923. The zero-order valence-corrected chi connectivity index (χ0v) is 13.2. The summed E-state index contributed by atoms with van der Waals surface area (Å²) >= 11 is 0. The molecule has 3 atom stereocenters. The van der Waals surface area contributed by atoms with E-state index in [1.54, 1.807) is 0 Å². The molecule has 3 rings (SSSR count). The highest BCUT2D eigenvalue weighted by Crippen LogP contribution is 2.34. The molecule has 3 unspecified atom stereocenters. The first-order valence-corrected chi connectivity index (χ1v) is 7.63. The van der Waals surface area contributed by atoms with Gasteiger partial charge in [0, 0.05) is 24.8 Å². The maximum Gasteiger partial charge on any atom is 0.244 e. The van der Waals surface area contributed by atoms with Crippen molar-refractivity contribution in [3.8, 4) is 11.5 Å². The van der Waals surface area contributed by atoms with Gasteiger partial charge >= 0.3 is 0 Å². The Labute approximate surface area is 130 Å². The molecule has 1 N–H and O–H groups in total. The van der Waals surface area contributed by atoms with Gasteiger partial charge < -0.3 is 24.4 Å². The van der Waals surface area contributed by atoms with Crippen LogP contribution in [0.15, 0.2) is 18.2 Å². The number of hydrogen-bond acceptors (Lipinski definition) is 5. The van der Waals surface area contributed by atoms with Crippen LogP contribution in [0.5, 0.6) is 11.5 Å². The summed E-state index contributed by atoms with van der Waals surface area (Å²) in [6.07, 6.45) is 0.149. The first-order chi connectivity index (χ1) is 10.5. The lowest BCUT2D eigenvalue weighted by Gasteiger charge is -2.36. The van der Waals surface area contributed by atoms with E-state index in [0.717, 1.165) is 11.4 Å². The molecule has 0 aliphatic carbocycles. The number of rotatable bonds is 3. The number of fused-ring (bicyclic) bond motifs is 1. The number of amides is 1. The molecule has 1 aromatic carbocycles. The Kier molecular flexibility index (Phi) is 4.11. The van der Waals surface area contributed by atoms with Crippen molar-refractivity contribution in [2.75, 3.05) is 25.2 Å². The molecule has 0 aromatic heterocycles. The molecule has 1 saturated heterocycles. The smallest absolute Gasteiger partial charge is 0.244 e. The number of anilines is 1. The van der Waals surface area contributed by atoms with Crippen molar-refractivity contribution >= 4 is 11.6 Å². The van der Waals surface area contributed by atoms with Crippen molar-refractivity contribution in [3.63, 3.8) is 0 Å². The fraction of sp³-hybridized carbons (Fsp3) is 0.562. The van der Waals surface area contributed by atoms with Crippen LogP contribution in [-0.4, -0.2) is 48.9 Å². The zero-order valence-electron chi connectivity index (χ0n) is 13.2. The molecule has 0 spiro atoms. The maximum absolute atomic E-state index is 12.6. The Bertz CT molecular complexity index is 553. The summed E-state index contributed by atoms with van der Waals surface area (Å²) in [6, 6.07) is 5.29. The number of carbonyl (C=O) groups excluding carboxylic acids is 1. The van der Waals surface area contributed by atoms with Gasteiger partial charge in [0.05, 0.1) is 12.2 Å². The normalized spacial score (nSPS) is 25.0. The van der Waals surface area contributed by atoms with Gasteiger partial charge in [-0.3, -0.25) is 4.79 Å². The molecule has 1 fully saturated rings. The molecule has 6 heteroatoms. The lowest BCUT2D eigenvalue weighted by Crippen LogP contribution is -2.52. The molecule has 120 valence electrons. The maximum atomic E-state index is 12.6. The number of hydrogen-bond donors (Lipinski definition) is 1. The summed E-state index contributed by atoms with van der Waals surface area (Å²) in [5.74, 6) is 1.53. The lowest BCUT2D eigenvalue weighted by atomic mass is 10.2. The fourth-order valence-electron chi connectivity index (χ4n) is 2.93. The molecule has 6 nitrogen and oxygen atoms in total. The standard InChI is InChI=1S/C16H22N2O4/c1-10-7-18(8-11(2)22-10)16(19)12(3)17-13-4-5-14-15(6-13)21-9-20-14/h4-6,10-12,17H,7-9H2,1-3H3. The Morgan fingerprint density at radius 1 is 1.23 bits per heavy atom. The summed E-state index contributed by atoms with van der Waals surface area (Å²) in [7, 11) is 0. The van der Waals surface area contributed by atoms with Crippen LogP contribution < -0.4 is 14.8 Å². The van der Waals surface area contributed by atoms with Crippen molar-refractivity contribution in [1.29, 1.82) is 0 Å². The number of carbonyl (C=O) groups is 1. The van der Waals surface area contributed by atoms with Crippen LogP contribution in [0.25, 0.3) is 0 Å². The summed E-state index contributed by atoms with van der Waals surface area (Å²) in [5, 5.41) is 3.23. The van der Waals surface area contributed by atoms with Crippen LogP contribution in [-0.2, 0) is 9.53 Å². The van der Waals surface area contributed by atoms with Gasteiger partial charge in [0.25, 0.3) is 0 Å². The predicted octanol–water partition coefficient (Wildman–Crippen LogP) is 1.85. The summed E-state index contributed by atoms with van der Waals surface area (Å²) in [5.41, 5.74) is 0.847. The van der Waals surface area contributed by atoms with Gasteiger partial charge in [-0.15, -0.1) is 0 Å². The number of nitrogens with zero attached hydrogens (tertiary/aromatic N) is 1. The van der Waals surface area contributed by atoms with E-state index >= 15 is 0 Å². The Hall–Kier alpha value is -1.95. The molecule has 2 aliphatic heterocycles. The van der Waals surface area contributed by atoms with Crippen LogP contribution in [0.3, 0.4) is 0 Å². The molecule has 0 saturated carbocycles. The van der Waals surface area contributed by atoms with Gasteiger partial charge in [0.15, 0.2) is 11.5 Å². The average Bonchev–Trinajstić information content (AvgIpc) is 2.93. The van der Waals surface area contributed by atoms with E-state index < -0.39 is 0 Å². The third kappa shape index (κ3) is 3.11. The van der Waals surface area contributed by atoms with E-state index in [4.69, 9.17) is 14.2 Å². The monoisotopic (exact) mass is 306 g/mol. The van der Waals surface area contributed by atoms with Gasteiger partial charge in [-0.1, -0.05) is 0 Å². The molecule has 0 bridgehead atoms. The molecule has 22 heavy (non-hydrogen) atoms. The van der Waals surface area contributed by atoms with Crippen LogP contribution in [0.1, 0.15) is 20.8 Å². The summed E-state index contributed by atoms with van der Waals surface area (Å²) in [6.45, 7) is 7.37. The molecule has 1 amide bonds. The molecular weight excluding hydrogens is 284 g/mol. The van der Waals surface area contributed by atoms with E-state index in [1.165, 1.54) is 0 Å². The Morgan fingerprint density at radius 2 is 1.91 bits per heavy atom. The van der Waals surface area contributed by atoms with Gasteiger partial charge in [-0.05, 0) is 32.9 Å². The number of morpholine rings is 1. The van der Waals surface area contributed by atoms with Crippen molar-refractivity contribution in [3.05, 3.63) is 18.2 Å². The highest BCUT2D eigenvalue weighted by Gasteiger charge is 2.28. The second kappa shape index (κ2) is 6.04.